The van der Waals surface area contributed by atoms with Crippen LogP contribution in [0.25, 0.3) is 22.3 Å². The second kappa shape index (κ2) is 18.4. The number of primary sulfonamides is 1. The van der Waals surface area contributed by atoms with Crippen molar-refractivity contribution in [3.63, 3.8) is 0 Å². The van der Waals surface area contributed by atoms with Crippen molar-refractivity contribution in [2.45, 2.75) is 37.2 Å². The number of ether oxygens (including phenoxy) is 8. The molecule has 0 aromatic heterocycles. The van der Waals surface area contributed by atoms with Crippen LogP contribution in [0.15, 0.2) is 89.8 Å². The lowest BCUT2D eigenvalue weighted by Crippen LogP contribution is -2.50. The number of ketones is 2. The quantitative estimate of drug-likeness (QED) is 0.112. The Labute approximate surface area is 355 Å². The number of rotatable bonds is 15. The molecular weight excluding hydrogens is 803 g/mol. The van der Waals surface area contributed by atoms with Gasteiger partial charge in [-0.15, -0.1) is 0 Å². The highest BCUT2D eigenvalue weighted by Gasteiger charge is 2.40. The van der Waals surface area contributed by atoms with Gasteiger partial charge in [0.05, 0.1) is 58.6 Å². The topological polar surface area (TPSA) is 168 Å². The first-order valence-corrected chi connectivity index (χ1v) is 21.2. The van der Waals surface area contributed by atoms with Gasteiger partial charge < -0.3 is 37.9 Å². The Morgan fingerprint density at radius 3 is 1.48 bits per heavy atom. The Balaban J connectivity index is 0.000000185. The van der Waals surface area contributed by atoms with E-state index in [1.807, 2.05) is 54.6 Å². The minimum atomic E-state index is -3.76. The molecule has 3 aliphatic rings. The van der Waals surface area contributed by atoms with E-state index in [1.54, 1.807) is 53.7 Å². The number of fused-ring (bicyclic) bond motifs is 2. The third-order valence-electron chi connectivity index (χ3n) is 11.2. The molecule has 2 N–H and O–H groups in total. The summed E-state index contributed by atoms with van der Waals surface area (Å²) < 4.78 is 68.5. The van der Waals surface area contributed by atoms with Crippen molar-refractivity contribution in [3.05, 3.63) is 113 Å². The minimum absolute atomic E-state index is 0.0332. The lowest BCUT2D eigenvalue weighted by atomic mass is 9.88. The molecule has 1 fully saturated rings. The summed E-state index contributed by atoms with van der Waals surface area (Å²) in [6.07, 6.45) is 2.48. The summed E-state index contributed by atoms with van der Waals surface area (Å²) in [4.78, 5) is 24.4. The molecule has 61 heavy (non-hydrogen) atoms. The van der Waals surface area contributed by atoms with Crippen LogP contribution in [-0.2, 0) is 38.9 Å². The molecule has 0 atom stereocenters. The van der Waals surface area contributed by atoms with E-state index >= 15 is 0 Å². The number of sulfonamides is 1. The van der Waals surface area contributed by atoms with Gasteiger partial charge in [-0.3, -0.25) is 9.59 Å². The number of hydrogen-bond acceptors (Lipinski definition) is 12. The molecule has 1 saturated heterocycles. The Morgan fingerprint density at radius 2 is 1.05 bits per heavy atom. The smallest absolute Gasteiger partial charge is 0.238 e. The molecule has 0 spiro atoms. The van der Waals surface area contributed by atoms with Crippen molar-refractivity contribution in [1.29, 1.82) is 0 Å². The second-order valence-electron chi connectivity index (χ2n) is 15.1. The van der Waals surface area contributed by atoms with Crippen molar-refractivity contribution < 1.29 is 55.9 Å². The van der Waals surface area contributed by atoms with E-state index in [4.69, 9.17) is 43.0 Å². The van der Waals surface area contributed by atoms with Crippen LogP contribution in [0, 0.1) is 5.41 Å². The van der Waals surface area contributed by atoms with Crippen molar-refractivity contribution in [3.8, 4) is 56.8 Å². The Kier molecular flexibility index (Phi) is 13.0. The fraction of sp³-hybridized carbons (Fsp3) is 0.319. The SMILES string of the molecule is COCC1(COc2c(OC)ccc(-c3cccc4c3CCC4=O)c2OC)COC1.COc1ccc(-c2cccc3c2CCC3=O)c(OC)c1OCc1ccc(S(N)(=O)=O)cc1. The predicted octanol–water partition coefficient (Wildman–Crippen LogP) is 7.27. The predicted molar refractivity (Wildman–Crippen MR) is 228 cm³/mol. The minimum Gasteiger partial charge on any atom is -0.493 e. The van der Waals surface area contributed by atoms with Gasteiger partial charge in [0.2, 0.25) is 21.5 Å². The maximum atomic E-state index is 12.2. The van der Waals surface area contributed by atoms with Gasteiger partial charge in [-0.25, -0.2) is 13.6 Å². The zero-order valence-corrected chi connectivity index (χ0v) is 35.6. The fourth-order valence-corrected chi connectivity index (χ4v) is 8.58. The van der Waals surface area contributed by atoms with Crippen LogP contribution in [-0.4, -0.2) is 82.0 Å². The second-order valence-corrected chi connectivity index (χ2v) is 16.6. The molecule has 0 radical (unpaired) electrons. The third kappa shape index (κ3) is 8.80. The van der Waals surface area contributed by atoms with E-state index in [1.165, 1.54) is 12.1 Å². The molecule has 5 aromatic carbocycles. The van der Waals surface area contributed by atoms with Gasteiger partial charge in [0.25, 0.3) is 0 Å². The number of carbonyl (C=O) groups excluding carboxylic acids is 2. The van der Waals surface area contributed by atoms with Gasteiger partial charge in [-0.2, -0.15) is 0 Å². The van der Waals surface area contributed by atoms with Gasteiger partial charge in [0.1, 0.15) is 13.2 Å². The highest BCUT2D eigenvalue weighted by atomic mass is 32.2. The first-order valence-electron chi connectivity index (χ1n) is 19.7. The molecule has 320 valence electrons. The van der Waals surface area contributed by atoms with Gasteiger partial charge in [0.15, 0.2) is 34.6 Å². The third-order valence-corrected chi connectivity index (χ3v) is 12.1. The summed E-state index contributed by atoms with van der Waals surface area (Å²) >= 11 is 0. The largest absolute Gasteiger partial charge is 0.493 e. The van der Waals surface area contributed by atoms with Crippen molar-refractivity contribution in [1.82, 2.24) is 0 Å². The summed E-state index contributed by atoms with van der Waals surface area (Å²) in [6, 6.07) is 25.2. The zero-order valence-electron chi connectivity index (χ0n) is 34.8. The van der Waals surface area contributed by atoms with Gasteiger partial charge >= 0.3 is 0 Å². The van der Waals surface area contributed by atoms with E-state index in [-0.39, 0.29) is 28.5 Å². The standard InChI is InChI=1S/C24H23NO6S.C23H26O6/c1-29-22-13-11-20(17-4-3-5-19-18(17)10-12-21(19)26)23(30-2)24(22)31-14-15-6-8-16(9-7-15)32(25,27)28;1-25-11-23(12-28-13-23)14-29-22-20(26-2)10-8-18(21(22)27-3)15-5-4-6-17-16(15)7-9-19(17)24/h3-9,11,13H,10,12,14H2,1-2H3,(H2,25,27,28);4-6,8,10H,7,9,11-14H2,1-3H3. The van der Waals surface area contributed by atoms with Crippen LogP contribution in [0.4, 0.5) is 0 Å². The van der Waals surface area contributed by atoms with Crippen LogP contribution < -0.4 is 33.6 Å². The molecule has 0 unspecified atom stereocenters. The molecule has 2 aliphatic carbocycles. The molecule has 13 nitrogen and oxygen atoms in total. The van der Waals surface area contributed by atoms with Crippen molar-refractivity contribution >= 4 is 21.6 Å². The van der Waals surface area contributed by atoms with Crippen molar-refractivity contribution in [2.24, 2.45) is 10.6 Å². The van der Waals surface area contributed by atoms with E-state index in [0.717, 1.165) is 56.5 Å². The molecule has 8 rings (SSSR count). The van der Waals surface area contributed by atoms with Crippen LogP contribution >= 0.6 is 0 Å². The molecule has 1 heterocycles. The monoisotopic (exact) mass is 851 g/mol. The number of hydrogen-bond donors (Lipinski definition) is 1. The summed E-state index contributed by atoms with van der Waals surface area (Å²) in [7, 11) is 4.25. The molecule has 0 saturated carbocycles. The van der Waals surface area contributed by atoms with Crippen LogP contribution in [0.2, 0.25) is 0 Å². The number of nitrogens with two attached hydrogens (primary N) is 1. The Morgan fingerprint density at radius 1 is 0.557 bits per heavy atom. The first-order chi connectivity index (χ1) is 29.4. The van der Waals surface area contributed by atoms with Crippen LogP contribution in [0.3, 0.4) is 0 Å². The maximum Gasteiger partial charge on any atom is 0.238 e. The van der Waals surface area contributed by atoms with Gasteiger partial charge in [-0.1, -0.05) is 48.5 Å². The summed E-state index contributed by atoms with van der Waals surface area (Å²) in [5, 5.41) is 5.15. The summed E-state index contributed by atoms with van der Waals surface area (Å²) in [6.45, 7) is 2.35. The first kappa shape index (κ1) is 43.2. The number of methoxy groups -OCH3 is 5. The molecule has 0 bridgehead atoms. The highest BCUT2D eigenvalue weighted by molar-refractivity contribution is 7.89. The normalized spacial score (nSPS) is 14.9. The number of benzene rings is 5. The highest BCUT2D eigenvalue weighted by Crippen LogP contribution is 2.48. The van der Waals surface area contributed by atoms with Crippen molar-refractivity contribution in [2.75, 3.05) is 62.0 Å². The van der Waals surface area contributed by atoms with E-state index in [0.29, 0.717) is 80.2 Å². The van der Waals surface area contributed by atoms with Crippen LogP contribution in [0.5, 0.6) is 34.5 Å². The van der Waals surface area contributed by atoms with Gasteiger partial charge in [0, 0.05) is 42.2 Å². The summed E-state index contributed by atoms with van der Waals surface area (Å²) in [5.74, 6) is 3.51. The van der Waals surface area contributed by atoms with E-state index < -0.39 is 10.0 Å². The average molecular weight is 852 g/mol. The fourth-order valence-electron chi connectivity index (χ4n) is 8.06. The molecule has 0 amide bonds. The molecule has 14 heteroatoms. The molecule has 5 aromatic rings. The maximum absolute atomic E-state index is 12.2. The molecular formula is C47H49NO12S. The van der Waals surface area contributed by atoms with Gasteiger partial charge in [-0.05, 0) is 77.1 Å². The lowest BCUT2D eigenvalue weighted by Gasteiger charge is -2.40. The lowest BCUT2D eigenvalue weighted by molar-refractivity contribution is -0.159. The Hall–Kier alpha value is -5.93. The van der Waals surface area contributed by atoms with E-state index in [9.17, 15) is 18.0 Å². The number of Topliss-reactive ketones (excluding diaryl/α,β-unsaturated/α-hetero) is 2. The zero-order chi connectivity index (χ0) is 43.3. The summed E-state index contributed by atoms with van der Waals surface area (Å²) in [5.41, 5.74) is 7.82. The van der Waals surface area contributed by atoms with Crippen LogP contribution in [0.1, 0.15) is 50.2 Å². The molecule has 1 aliphatic heterocycles. The van der Waals surface area contributed by atoms with E-state index in [2.05, 4.69) is 0 Å². The number of carbonyl (C=O) groups is 2. The average Bonchev–Trinajstić information content (AvgIpc) is 3.84. The Bertz CT molecular complexity index is 2550.